The van der Waals surface area contributed by atoms with Gasteiger partial charge in [0.2, 0.25) is 15.9 Å². The fourth-order valence-electron chi connectivity index (χ4n) is 4.65. The lowest BCUT2D eigenvalue weighted by Crippen LogP contribution is -2.42. The van der Waals surface area contributed by atoms with E-state index in [0.717, 1.165) is 21.2 Å². The summed E-state index contributed by atoms with van der Waals surface area (Å²) in [4.78, 5) is 20.9. The minimum absolute atomic E-state index is 0.0386. The molecule has 0 bridgehead atoms. The minimum atomic E-state index is -4.79. The van der Waals surface area contributed by atoms with Crippen LogP contribution in [0.3, 0.4) is 0 Å². The molecule has 1 aliphatic rings. The third-order valence-electron chi connectivity index (χ3n) is 6.69. The molecular formula is C25H22ClF4N7O4S. The van der Waals surface area contributed by atoms with Crippen molar-refractivity contribution in [2.24, 2.45) is 0 Å². The summed E-state index contributed by atoms with van der Waals surface area (Å²) in [7, 11) is -2.77. The van der Waals surface area contributed by atoms with Crippen molar-refractivity contribution in [3.63, 3.8) is 0 Å². The first-order chi connectivity index (χ1) is 19.8. The zero-order chi connectivity index (χ0) is 30.4. The van der Waals surface area contributed by atoms with Crippen LogP contribution < -0.4 is 15.8 Å². The van der Waals surface area contributed by atoms with Gasteiger partial charge in [-0.1, -0.05) is 29.8 Å². The molecule has 0 aliphatic carbocycles. The Balaban J connectivity index is 1.42. The van der Waals surface area contributed by atoms with E-state index >= 15 is 0 Å². The summed E-state index contributed by atoms with van der Waals surface area (Å²) in [6.45, 7) is -0.853. The standard InChI is InChI=1S/C25H22ClF4N7O4S/c1-41-24-15(6-14(8-32-24)20-7-16(25(28,29)30)21-22(31)33-12-34-37(20)21)23(38)35-19-10-36(9-18(19)27)42(39,40)11-13-4-2-3-5-17(13)26/h2-8,12,18-19H,9-11H2,1H3,(H,35,38)(H2,31,33,34)/t18-,19+/m0/s1. The van der Waals surface area contributed by atoms with Crippen LogP contribution in [0.5, 0.6) is 5.88 Å². The number of rotatable bonds is 7. The van der Waals surface area contributed by atoms with E-state index in [9.17, 15) is 30.8 Å². The summed E-state index contributed by atoms with van der Waals surface area (Å²) in [6, 6.07) is 7.12. The molecule has 222 valence electrons. The fraction of sp³-hybridized carbons (Fsp3) is 0.280. The average molecular weight is 628 g/mol. The number of anilines is 1. The zero-order valence-corrected chi connectivity index (χ0v) is 23.2. The number of alkyl halides is 4. The Morgan fingerprint density at radius 2 is 1.95 bits per heavy atom. The van der Waals surface area contributed by atoms with Crippen LogP contribution in [0.25, 0.3) is 16.8 Å². The lowest BCUT2D eigenvalue weighted by atomic mass is 10.1. The minimum Gasteiger partial charge on any atom is -0.480 e. The number of hydrogen-bond acceptors (Lipinski definition) is 8. The summed E-state index contributed by atoms with van der Waals surface area (Å²) < 4.78 is 89.2. The number of nitrogens with one attached hydrogen (secondary N) is 1. The van der Waals surface area contributed by atoms with Crippen molar-refractivity contribution in [1.82, 2.24) is 29.2 Å². The van der Waals surface area contributed by atoms with Crippen molar-refractivity contribution in [2.45, 2.75) is 24.1 Å². The third kappa shape index (κ3) is 5.56. The van der Waals surface area contributed by atoms with Gasteiger partial charge in [0.25, 0.3) is 5.91 Å². The predicted molar refractivity (Wildman–Crippen MR) is 144 cm³/mol. The number of hydrogen-bond donors (Lipinski definition) is 2. The second-order valence-corrected chi connectivity index (χ2v) is 11.8. The normalized spacial score (nSPS) is 18.0. The van der Waals surface area contributed by atoms with Gasteiger partial charge in [-0.15, -0.1) is 0 Å². The summed E-state index contributed by atoms with van der Waals surface area (Å²) in [5.41, 5.74) is 4.18. The summed E-state index contributed by atoms with van der Waals surface area (Å²) in [6.07, 6.45) is -4.39. The Bertz CT molecular complexity index is 1780. The second kappa shape index (κ2) is 11.0. The Hall–Kier alpha value is -4.02. The number of nitrogen functional groups attached to an aromatic ring is 1. The highest BCUT2D eigenvalue weighted by Crippen LogP contribution is 2.39. The van der Waals surface area contributed by atoms with E-state index in [1.807, 2.05) is 0 Å². The Labute approximate surface area is 241 Å². The van der Waals surface area contributed by atoms with E-state index < -0.39 is 63.5 Å². The van der Waals surface area contributed by atoms with Crippen LogP contribution in [-0.2, 0) is 22.0 Å². The Kier molecular flexibility index (Phi) is 7.72. The third-order valence-corrected chi connectivity index (χ3v) is 8.82. The number of nitrogens with two attached hydrogens (primary N) is 1. The van der Waals surface area contributed by atoms with E-state index in [1.54, 1.807) is 18.2 Å². The number of fused-ring (bicyclic) bond motifs is 1. The highest BCUT2D eigenvalue weighted by Gasteiger charge is 2.41. The number of sulfonamides is 1. The molecule has 2 atom stereocenters. The summed E-state index contributed by atoms with van der Waals surface area (Å²) >= 11 is 6.08. The quantitative estimate of drug-likeness (QED) is 0.297. The number of amides is 1. The van der Waals surface area contributed by atoms with Crippen molar-refractivity contribution in [3.8, 4) is 17.1 Å². The van der Waals surface area contributed by atoms with Gasteiger partial charge in [0, 0.05) is 29.9 Å². The van der Waals surface area contributed by atoms with Crippen LogP contribution in [0, 0.1) is 0 Å². The lowest BCUT2D eigenvalue weighted by Gasteiger charge is -2.18. The monoisotopic (exact) mass is 627 g/mol. The molecule has 1 fully saturated rings. The van der Waals surface area contributed by atoms with Crippen LogP contribution in [0.4, 0.5) is 23.4 Å². The summed E-state index contributed by atoms with van der Waals surface area (Å²) in [5, 5.41) is 6.57. The molecule has 0 spiro atoms. The number of benzene rings is 1. The number of nitrogens with zero attached hydrogens (tertiary/aromatic N) is 5. The van der Waals surface area contributed by atoms with E-state index in [-0.39, 0.29) is 34.3 Å². The maximum atomic E-state index is 15.0. The highest BCUT2D eigenvalue weighted by atomic mass is 35.5. The molecule has 42 heavy (non-hydrogen) atoms. The first-order valence-electron chi connectivity index (χ1n) is 12.2. The molecule has 0 radical (unpaired) electrons. The van der Waals surface area contributed by atoms with Gasteiger partial charge in [0.1, 0.15) is 23.6 Å². The lowest BCUT2D eigenvalue weighted by molar-refractivity contribution is -0.136. The second-order valence-electron chi connectivity index (χ2n) is 9.39. The zero-order valence-electron chi connectivity index (χ0n) is 21.6. The number of carbonyl (C=O) groups is 1. The molecule has 1 aromatic carbocycles. The Morgan fingerprint density at radius 3 is 2.64 bits per heavy atom. The number of pyridine rings is 1. The maximum absolute atomic E-state index is 15.0. The van der Waals surface area contributed by atoms with Crippen LogP contribution in [0.2, 0.25) is 5.02 Å². The molecular weight excluding hydrogens is 606 g/mol. The highest BCUT2D eigenvalue weighted by molar-refractivity contribution is 7.88. The first kappa shape index (κ1) is 29.5. The van der Waals surface area contributed by atoms with Gasteiger partial charge in [0.15, 0.2) is 5.82 Å². The molecule has 1 aliphatic heterocycles. The largest absolute Gasteiger partial charge is 0.480 e. The topological polar surface area (TPSA) is 145 Å². The van der Waals surface area contributed by atoms with Crippen LogP contribution in [-0.4, -0.2) is 70.6 Å². The molecule has 5 rings (SSSR count). The van der Waals surface area contributed by atoms with Gasteiger partial charge < -0.3 is 15.8 Å². The van der Waals surface area contributed by atoms with Gasteiger partial charge in [-0.05, 0) is 23.8 Å². The molecule has 17 heteroatoms. The molecule has 3 N–H and O–H groups in total. The van der Waals surface area contributed by atoms with Crippen molar-refractivity contribution in [1.29, 1.82) is 0 Å². The molecule has 4 heterocycles. The maximum Gasteiger partial charge on any atom is 0.418 e. The van der Waals surface area contributed by atoms with Gasteiger partial charge in [0.05, 0.1) is 30.2 Å². The SMILES string of the molecule is COc1ncc(-c2cc(C(F)(F)F)c3c(N)ncnn23)cc1C(=O)N[C@@H]1CN(S(=O)(=O)Cc2ccccc2Cl)C[C@@H]1F. The number of carbonyl (C=O) groups excluding carboxylic acids is 1. The van der Waals surface area contributed by atoms with Gasteiger partial charge in [-0.3, -0.25) is 4.79 Å². The summed E-state index contributed by atoms with van der Waals surface area (Å²) in [5.74, 6) is -1.95. The predicted octanol–water partition coefficient (Wildman–Crippen LogP) is 3.34. The number of aromatic nitrogens is 4. The molecule has 0 unspecified atom stereocenters. The fourth-order valence-corrected chi connectivity index (χ4v) is 6.52. The van der Waals surface area contributed by atoms with Crippen molar-refractivity contribution >= 4 is 38.9 Å². The molecule has 4 aromatic rings. The number of methoxy groups -OCH3 is 1. The molecule has 11 nitrogen and oxygen atoms in total. The van der Waals surface area contributed by atoms with E-state index in [4.69, 9.17) is 22.1 Å². The van der Waals surface area contributed by atoms with E-state index in [0.29, 0.717) is 5.56 Å². The molecule has 1 amide bonds. The smallest absolute Gasteiger partial charge is 0.418 e. The van der Waals surface area contributed by atoms with Crippen molar-refractivity contribution in [3.05, 3.63) is 70.6 Å². The number of halogens is 5. The first-order valence-corrected chi connectivity index (χ1v) is 14.2. The molecule has 1 saturated heterocycles. The number of ether oxygens (including phenoxy) is 1. The van der Waals surface area contributed by atoms with Gasteiger partial charge in [-0.2, -0.15) is 22.6 Å². The van der Waals surface area contributed by atoms with E-state index in [2.05, 4.69) is 20.4 Å². The molecule has 0 saturated carbocycles. The van der Waals surface area contributed by atoms with Crippen LogP contribution in [0.1, 0.15) is 21.5 Å². The van der Waals surface area contributed by atoms with Gasteiger partial charge in [-0.25, -0.2) is 27.3 Å². The van der Waals surface area contributed by atoms with Crippen molar-refractivity contribution in [2.75, 3.05) is 25.9 Å². The van der Waals surface area contributed by atoms with Gasteiger partial charge >= 0.3 is 6.18 Å². The average Bonchev–Trinajstić information content (AvgIpc) is 3.52. The van der Waals surface area contributed by atoms with Crippen LogP contribution in [0.15, 0.2) is 48.9 Å². The van der Waals surface area contributed by atoms with Crippen LogP contribution >= 0.6 is 11.6 Å². The van der Waals surface area contributed by atoms with Crippen molar-refractivity contribution < 1.29 is 35.5 Å². The Morgan fingerprint density at radius 1 is 1.21 bits per heavy atom. The molecule has 3 aromatic heterocycles. The van der Waals surface area contributed by atoms with E-state index in [1.165, 1.54) is 25.4 Å².